The molecule has 2 rings (SSSR count). The van der Waals surface area contributed by atoms with Crippen LogP contribution in [0, 0.1) is 12.7 Å². The average molecular weight is 247 g/mol. The minimum Gasteiger partial charge on any atom is -0.439 e. The van der Waals surface area contributed by atoms with E-state index in [9.17, 15) is 4.39 Å². The summed E-state index contributed by atoms with van der Waals surface area (Å²) >= 11 is 0. The number of rotatable bonds is 4. The van der Waals surface area contributed by atoms with Crippen LogP contribution in [0.15, 0.2) is 30.5 Å². The van der Waals surface area contributed by atoms with E-state index in [1.807, 2.05) is 6.92 Å². The summed E-state index contributed by atoms with van der Waals surface area (Å²) in [7, 11) is 0. The summed E-state index contributed by atoms with van der Waals surface area (Å²) in [6, 6.07) is 6.22. The lowest BCUT2D eigenvalue weighted by Gasteiger charge is -2.07. The molecule has 0 unspecified atom stereocenters. The van der Waals surface area contributed by atoms with Crippen molar-refractivity contribution >= 4 is 5.95 Å². The molecule has 0 fully saturated rings. The highest BCUT2D eigenvalue weighted by molar-refractivity contribution is 5.33. The topological polar surface area (TPSA) is 47.0 Å². The van der Waals surface area contributed by atoms with Crippen LogP contribution in [-0.2, 0) is 0 Å². The molecule has 4 nitrogen and oxygen atoms in total. The van der Waals surface area contributed by atoms with Crippen LogP contribution < -0.4 is 10.1 Å². The predicted octanol–water partition coefficient (Wildman–Crippen LogP) is 3.15. The highest BCUT2D eigenvalue weighted by Gasteiger charge is 2.03. The quantitative estimate of drug-likeness (QED) is 0.901. The Hall–Kier alpha value is -2.17. The molecule has 94 valence electrons. The first kappa shape index (κ1) is 12.3. The second-order valence-corrected chi connectivity index (χ2v) is 3.76. The molecule has 0 bridgehead atoms. The van der Waals surface area contributed by atoms with Crippen LogP contribution in [0.4, 0.5) is 10.3 Å². The van der Waals surface area contributed by atoms with Gasteiger partial charge in [-0.1, -0.05) is 0 Å². The van der Waals surface area contributed by atoms with Gasteiger partial charge in [0.1, 0.15) is 11.6 Å². The zero-order valence-electron chi connectivity index (χ0n) is 10.3. The SMILES string of the molecule is CCNc1nccc(Oc2ccc(F)c(C)c2)n1. The highest BCUT2D eigenvalue weighted by Crippen LogP contribution is 2.22. The molecule has 0 atom stereocenters. The van der Waals surface area contributed by atoms with Gasteiger partial charge in [-0.25, -0.2) is 9.37 Å². The van der Waals surface area contributed by atoms with E-state index in [2.05, 4.69) is 15.3 Å². The van der Waals surface area contributed by atoms with Crippen molar-refractivity contribution in [3.05, 3.63) is 41.8 Å². The first-order valence-corrected chi connectivity index (χ1v) is 5.70. The fraction of sp³-hybridized carbons (Fsp3) is 0.231. The first-order chi connectivity index (χ1) is 8.69. The Bertz CT molecular complexity index is 546. The number of halogens is 1. The van der Waals surface area contributed by atoms with Gasteiger partial charge in [0.05, 0.1) is 0 Å². The molecule has 1 aromatic heterocycles. The van der Waals surface area contributed by atoms with Crippen molar-refractivity contribution in [2.75, 3.05) is 11.9 Å². The monoisotopic (exact) mass is 247 g/mol. The van der Waals surface area contributed by atoms with Gasteiger partial charge in [0, 0.05) is 18.8 Å². The van der Waals surface area contributed by atoms with Crippen LogP contribution >= 0.6 is 0 Å². The largest absolute Gasteiger partial charge is 0.439 e. The van der Waals surface area contributed by atoms with Crippen LogP contribution in [0.25, 0.3) is 0 Å². The van der Waals surface area contributed by atoms with E-state index in [1.54, 1.807) is 31.3 Å². The van der Waals surface area contributed by atoms with Gasteiger partial charge in [-0.2, -0.15) is 4.98 Å². The van der Waals surface area contributed by atoms with Crippen molar-refractivity contribution in [3.63, 3.8) is 0 Å². The van der Waals surface area contributed by atoms with Gasteiger partial charge in [-0.15, -0.1) is 0 Å². The zero-order valence-corrected chi connectivity index (χ0v) is 10.3. The third kappa shape index (κ3) is 2.94. The van der Waals surface area contributed by atoms with E-state index < -0.39 is 0 Å². The maximum Gasteiger partial charge on any atom is 0.225 e. The van der Waals surface area contributed by atoms with Gasteiger partial charge >= 0.3 is 0 Å². The third-order valence-electron chi connectivity index (χ3n) is 2.32. The predicted molar refractivity (Wildman–Crippen MR) is 67.4 cm³/mol. The first-order valence-electron chi connectivity index (χ1n) is 5.70. The maximum absolute atomic E-state index is 13.1. The molecule has 0 aliphatic carbocycles. The van der Waals surface area contributed by atoms with E-state index >= 15 is 0 Å². The van der Waals surface area contributed by atoms with E-state index in [0.29, 0.717) is 23.1 Å². The van der Waals surface area contributed by atoms with Gasteiger partial charge in [0.15, 0.2) is 0 Å². The molecule has 5 heteroatoms. The fourth-order valence-electron chi connectivity index (χ4n) is 1.44. The fourth-order valence-corrected chi connectivity index (χ4v) is 1.44. The summed E-state index contributed by atoms with van der Waals surface area (Å²) in [5.74, 6) is 1.23. The van der Waals surface area contributed by atoms with Crippen LogP contribution in [0.2, 0.25) is 0 Å². The number of benzene rings is 1. The minimum absolute atomic E-state index is 0.252. The Morgan fingerprint density at radius 2 is 2.17 bits per heavy atom. The molecule has 0 saturated heterocycles. The summed E-state index contributed by atoms with van der Waals surface area (Å²) < 4.78 is 18.7. The van der Waals surface area contributed by atoms with Gasteiger partial charge in [0.25, 0.3) is 0 Å². The Labute approximate surface area is 105 Å². The normalized spacial score (nSPS) is 10.2. The van der Waals surface area contributed by atoms with Crippen molar-refractivity contribution in [1.82, 2.24) is 9.97 Å². The van der Waals surface area contributed by atoms with Crippen molar-refractivity contribution < 1.29 is 9.13 Å². The van der Waals surface area contributed by atoms with E-state index in [4.69, 9.17) is 4.74 Å². The number of aryl methyl sites for hydroxylation is 1. The molecular formula is C13H14FN3O. The molecule has 0 amide bonds. The van der Waals surface area contributed by atoms with E-state index in [1.165, 1.54) is 6.07 Å². The molecule has 2 aromatic rings. The van der Waals surface area contributed by atoms with Crippen molar-refractivity contribution in [1.29, 1.82) is 0 Å². The molecule has 0 aliphatic heterocycles. The van der Waals surface area contributed by atoms with Gasteiger partial charge < -0.3 is 10.1 Å². The molecular weight excluding hydrogens is 233 g/mol. The second kappa shape index (κ2) is 5.44. The van der Waals surface area contributed by atoms with Gasteiger partial charge in [0.2, 0.25) is 11.8 Å². The molecule has 1 heterocycles. The molecule has 0 radical (unpaired) electrons. The molecule has 1 N–H and O–H groups in total. The second-order valence-electron chi connectivity index (χ2n) is 3.76. The standard InChI is InChI=1S/C13H14FN3O/c1-3-15-13-16-7-6-12(17-13)18-10-4-5-11(14)9(2)8-10/h4-8H,3H2,1-2H3,(H,15,16,17). The summed E-state index contributed by atoms with van der Waals surface area (Å²) in [6.45, 7) is 4.38. The smallest absolute Gasteiger partial charge is 0.225 e. The lowest BCUT2D eigenvalue weighted by molar-refractivity contribution is 0.460. The van der Waals surface area contributed by atoms with Crippen molar-refractivity contribution in [3.8, 4) is 11.6 Å². The van der Waals surface area contributed by atoms with Gasteiger partial charge in [-0.05, 0) is 37.6 Å². The lowest BCUT2D eigenvalue weighted by atomic mass is 10.2. The summed E-state index contributed by atoms with van der Waals surface area (Å²) in [5.41, 5.74) is 0.536. The number of anilines is 1. The maximum atomic E-state index is 13.1. The Morgan fingerprint density at radius 3 is 2.89 bits per heavy atom. The lowest BCUT2D eigenvalue weighted by Crippen LogP contribution is -2.02. The number of nitrogens with zero attached hydrogens (tertiary/aromatic N) is 2. The molecule has 0 spiro atoms. The zero-order chi connectivity index (χ0) is 13.0. The van der Waals surface area contributed by atoms with Crippen LogP contribution in [0.1, 0.15) is 12.5 Å². The van der Waals surface area contributed by atoms with E-state index in [0.717, 1.165) is 6.54 Å². The Kier molecular flexibility index (Phi) is 3.72. The molecule has 18 heavy (non-hydrogen) atoms. The molecule has 0 aliphatic rings. The summed E-state index contributed by atoms with van der Waals surface area (Å²) in [4.78, 5) is 8.21. The van der Waals surface area contributed by atoms with Crippen LogP contribution in [0.3, 0.4) is 0 Å². The number of aromatic nitrogens is 2. The minimum atomic E-state index is -0.252. The third-order valence-corrected chi connectivity index (χ3v) is 2.32. The number of hydrogen-bond donors (Lipinski definition) is 1. The van der Waals surface area contributed by atoms with Crippen molar-refractivity contribution in [2.24, 2.45) is 0 Å². The number of nitrogens with one attached hydrogen (secondary N) is 1. The number of hydrogen-bond acceptors (Lipinski definition) is 4. The van der Waals surface area contributed by atoms with E-state index in [-0.39, 0.29) is 5.82 Å². The average Bonchev–Trinajstić information content (AvgIpc) is 2.35. The molecule has 1 aromatic carbocycles. The Balaban J connectivity index is 2.17. The Morgan fingerprint density at radius 1 is 1.33 bits per heavy atom. The van der Waals surface area contributed by atoms with Crippen molar-refractivity contribution in [2.45, 2.75) is 13.8 Å². The highest BCUT2D eigenvalue weighted by atomic mass is 19.1. The summed E-state index contributed by atoms with van der Waals surface area (Å²) in [5, 5.41) is 2.99. The summed E-state index contributed by atoms with van der Waals surface area (Å²) in [6.07, 6.45) is 1.61. The van der Waals surface area contributed by atoms with Crippen LogP contribution in [0.5, 0.6) is 11.6 Å². The number of ether oxygens (including phenoxy) is 1. The van der Waals surface area contributed by atoms with Crippen LogP contribution in [-0.4, -0.2) is 16.5 Å². The molecule has 0 saturated carbocycles. The van der Waals surface area contributed by atoms with Gasteiger partial charge in [-0.3, -0.25) is 0 Å².